The van der Waals surface area contributed by atoms with Gasteiger partial charge in [-0.3, -0.25) is 9.59 Å². The number of carbonyl (C=O) groups is 2. The van der Waals surface area contributed by atoms with Crippen LogP contribution in [-0.4, -0.2) is 43.9 Å². The summed E-state index contributed by atoms with van der Waals surface area (Å²) in [6, 6.07) is 11.9. The average molecular weight is 530 g/mol. The minimum Gasteiger partial charge on any atom is -0.350 e. The lowest BCUT2D eigenvalue weighted by atomic mass is 9.83. The number of rotatable bonds is 10. The number of benzene rings is 2. The molecule has 2 atom stereocenters. The number of nitrogens with one attached hydrogen (secondary N) is 2. The highest BCUT2D eigenvalue weighted by atomic mass is 19.1. The Bertz CT molecular complexity index is 1020. The van der Waals surface area contributed by atoms with E-state index in [1.165, 1.54) is 17.7 Å². The maximum absolute atomic E-state index is 14.3. The van der Waals surface area contributed by atoms with Crippen molar-refractivity contribution in [3.8, 4) is 0 Å². The van der Waals surface area contributed by atoms with Gasteiger partial charge >= 0.3 is 0 Å². The smallest absolute Gasteiger partial charge is 0.226 e. The van der Waals surface area contributed by atoms with Crippen molar-refractivity contribution in [3.05, 3.63) is 70.8 Å². The molecule has 1 heterocycles. The van der Waals surface area contributed by atoms with Gasteiger partial charge in [0.05, 0.1) is 6.04 Å². The fraction of sp³-hybridized carbons (Fsp3) is 0.548. The van der Waals surface area contributed by atoms with Crippen LogP contribution in [0.3, 0.4) is 0 Å². The Morgan fingerprint density at radius 3 is 2.29 bits per heavy atom. The lowest BCUT2D eigenvalue weighted by Crippen LogP contribution is -2.42. The van der Waals surface area contributed by atoms with Crippen molar-refractivity contribution >= 4 is 11.8 Å². The second-order valence-corrected chi connectivity index (χ2v) is 10.2. The molecule has 3 rings (SSSR count). The summed E-state index contributed by atoms with van der Waals surface area (Å²) in [4.78, 5) is 27.1. The molecular formula is C31H45F2N3O2. The highest BCUT2D eigenvalue weighted by molar-refractivity contribution is 5.79. The molecule has 7 heteroatoms. The molecule has 2 aromatic rings. The zero-order valence-corrected chi connectivity index (χ0v) is 23.7. The lowest BCUT2D eigenvalue weighted by Gasteiger charge is -2.36. The largest absolute Gasteiger partial charge is 0.350 e. The first-order valence-corrected chi connectivity index (χ1v) is 13.9. The lowest BCUT2D eigenvalue weighted by molar-refractivity contribution is -0.137. The average Bonchev–Trinajstić information content (AvgIpc) is 2.91. The van der Waals surface area contributed by atoms with Crippen LogP contribution < -0.4 is 10.6 Å². The van der Waals surface area contributed by atoms with E-state index in [4.69, 9.17) is 0 Å². The topological polar surface area (TPSA) is 61.4 Å². The van der Waals surface area contributed by atoms with E-state index < -0.39 is 11.6 Å². The van der Waals surface area contributed by atoms with Gasteiger partial charge in [0.1, 0.15) is 11.6 Å². The maximum Gasteiger partial charge on any atom is 0.226 e. The first kappa shape index (κ1) is 31.4. The SMILES string of the molecule is CCCC[C@H](Cc1ccc(F)cc1F)C(=O)N1CCC(c2ccccc2[C@H](CC)NC(C)=O)CC1.CNC. The van der Waals surface area contributed by atoms with Crippen LogP contribution in [0.1, 0.15) is 87.9 Å². The first-order chi connectivity index (χ1) is 18.2. The number of hydrogen-bond acceptors (Lipinski definition) is 3. The van der Waals surface area contributed by atoms with Crippen molar-refractivity contribution in [1.29, 1.82) is 0 Å². The molecule has 0 aromatic heterocycles. The molecule has 38 heavy (non-hydrogen) atoms. The number of unbranched alkanes of at least 4 members (excludes halogenated alkanes) is 1. The van der Waals surface area contributed by atoms with Gasteiger partial charge < -0.3 is 15.5 Å². The Hall–Kier alpha value is -2.80. The summed E-state index contributed by atoms with van der Waals surface area (Å²) in [5.74, 6) is -1.14. The van der Waals surface area contributed by atoms with Crippen molar-refractivity contribution in [2.24, 2.45) is 5.92 Å². The molecule has 2 aromatic carbocycles. The first-order valence-electron chi connectivity index (χ1n) is 13.9. The minimum atomic E-state index is -0.603. The van der Waals surface area contributed by atoms with Gasteiger partial charge in [0.2, 0.25) is 11.8 Å². The number of nitrogens with zero attached hydrogens (tertiary/aromatic N) is 1. The summed E-state index contributed by atoms with van der Waals surface area (Å²) in [7, 11) is 3.75. The highest BCUT2D eigenvalue weighted by Crippen LogP contribution is 2.34. The van der Waals surface area contributed by atoms with Gasteiger partial charge in [-0.1, -0.05) is 57.0 Å². The van der Waals surface area contributed by atoms with Crippen LogP contribution in [-0.2, 0) is 16.0 Å². The zero-order chi connectivity index (χ0) is 28.1. The normalized spacial score (nSPS) is 15.3. The Morgan fingerprint density at radius 1 is 1.05 bits per heavy atom. The number of halogens is 2. The fourth-order valence-corrected chi connectivity index (χ4v) is 5.23. The van der Waals surface area contributed by atoms with E-state index in [1.54, 1.807) is 6.92 Å². The standard InChI is InChI=1S/C29H38F2N2O2.C2H7N/c1-4-6-9-23(18-22-12-13-24(30)19-27(22)31)29(35)33-16-14-21(15-17-33)25-10-7-8-11-26(25)28(5-2)32-20(3)34;1-3-2/h7-8,10-13,19,21,23,28H,4-6,9,14-18H2,1-3H3,(H,32,34);3H,1-2H3/t23-,28+;/m1./s1. The quantitative estimate of drug-likeness (QED) is 0.389. The molecule has 0 aliphatic carbocycles. The monoisotopic (exact) mass is 529 g/mol. The molecule has 0 radical (unpaired) electrons. The molecule has 1 aliphatic heterocycles. The Labute approximate surface area is 227 Å². The van der Waals surface area contributed by atoms with Crippen molar-refractivity contribution in [1.82, 2.24) is 15.5 Å². The third-order valence-electron chi connectivity index (χ3n) is 7.14. The summed E-state index contributed by atoms with van der Waals surface area (Å²) in [6.45, 7) is 7.00. The summed E-state index contributed by atoms with van der Waals surface area (Å²) >= 11 is 0. The second-order valence-electron chi connectivity index (χ2n) is 10.2. The molecule has 0 unspecified atom stereocenters. The highest BCUT2D eigenvalue weighted by Gasteiger charge is 2.30. The molecule has 0 spiro atoms. The summed E-state index contributed by atoms with van der Waals surface area (Å²) in [6.07, 6.45) is 5.36. The molecule has 0 bridgehead atoms. The van der Waals surface area contributed by atoms with Crippen LogP contribution in [0.15, 0.2) is 42.5 Å². The maximum atomic E-state index is 14.3. The molecular weight excluding hydrogens is 484 g/mol. The van der Waals surface area contributed by atoms with E-state index in [2.05, 4.69) is 36.6 Å². The van der Waals surface area contributed by atoms with Crippen molar-refractivity contribution in [2.45, 2.75) is 77.7 Å². The summed E-state index contributed by atoms with van der Waals surface area (Å²) in [5, 5.41) is 5.81. The fourth-order valence-electron chi connectivity index (χ4n) is 5.23. The molecule has 2 N–H and O–H groups in total. The van der Waals surface area contributed by atoms with Gasteiger partial charge in [-0.25, -0.2) is 8.78 Å². The van der Waals surface area contributed by atoms with E-state index in [9.17, 15) is 18.4 Å². The molecule has 1 fully saturated rings. The van der Waals surface area contributed by atoms with Crippen LogP contribution in [0.5, 0.6) is 0 Å². The third-order valence-corrected chi connectivity index (χ3v) is 7.14. The van der Waals surface area contributed by atoms with Gasteiger partial charge in [0.25, 0.3) is 0 Å². The van der Waals surface area contributed by atoms with E-state index in [0.717, 1.165) is 43.7 Å². The molecule has 1 aliphatic rings. The van der Waals surface area contributed by atoms with Gasteiger partial charge in [-0.15, -0.1) is 0 Å². The van der Waals surface area contributed by atoms with E-state index in [1.807, 2.05) is 31.1 Å². The van der Waals surface area contributed by atoms with E-state index in [0.29, 0.717) is 37.4 Å². The molecule has 5 nitrogen and oxygen atoms in total. The predicted octanol–water partition coefficient (Wildman–Crippen LogP) is 6.14. The van der Waals surface area contributed by atoms with Gasteiger partial charge in [-0.2, -0.15) is 0 Å². The molecule has 210 valence electrons. The van der Waals surface area contributed by atoms with Crippen LogP contribution >= 0.6 is 0 Å². The van der Waals surface area contributed by atoms with Crippen LogP contribution in [0, 0.1) is 17.6 Å². The number of carbonyl (C=O) groups excluding carboxylic acids is 2. The molecule has 1 saturated heterocycles. The predicted molar refractivity (Wildman–Crippen MR) is 150 cm³/mol. The second kappa shape index (κ2) is 16.2. The third kappa shape index (κ3) is 9.19. The number of piperidine rings is 1. The van der Waals surface area contributed by atoms with E-state index in [-0.39, 0.29) is 23.8 Å². The van der Waals surface area contributed by atoms with Crippen molar-refractivity contribution in [2.75, 3.05) is 27.2 Å². The van der Waals surface area contributed by atoms with Crippen molar-refractivity contribution < 1.29 is 18.4 Å². The zero-order valence-electron chi connectivity index (χ0n) is 23.7. The van der Waals surface area contributed by atoms with Crippen LogP contribution in [0.25, 0.3) is 0 Å². The number of amides is 2. The van der Waals surface area contributed by atoms with Crippen molar-refractivity contribution in [3.63, 3.8) is 0 Å². The minimum absolute atomic E-state index is 0.0209. The summed E-state index contributed by atoms with van der Waals surface area (Å²) < 4.78 is 27.6. The van der Waals surface area contributed by atoms with Gasteiger partial charge in [0, 0.05) is 32.0 Å². The Morgan fingerprint density at radius 2 is 1.71 bits per heavy atom. The summed E-state index contributed by atoms with van der Waals surface area (Å²) in [5.41, 5.74) is 2.80. The van der Waals surface area contributed by atoms with Crippen LogP contribution in [0.2, 0.25) is 0 Å². The Balaban J connectivity index is 0.00000161. The van der Waals surface area contributed by atoms with Gasteiger partial charge in [0.15, 0.2) is 0 Å². The molecule has 2 amide bonds. The number of likely N-dealkylation sites (tertiary alicyclic amines) is 1. The molecule has 0 saturated carbocycles. The Kier molecular flexibility index (Phi) is 13.4. The van der Waals surface area contributed by atoms with E-state index >= 15 is 0 Å². The van der Waals surface area contributed by atoms with Gasteiger partial charge in [-0.05, 0) is 74.9 Å². The van der Waals surface area contributed by atoms with Crippen LogP contribution in [0.4, 0.5) is 8.78 Å². The number of hydrogen-bond donors (Lipinski definition) is 2.